The molecule has 0 unspecified atom stereocenters. The van der Waals surface area contributed by atoms with Crippen LogP contribution in [0.5, 0.6) is 0 Å². The molecule has 0 radical (unpaired) electrons. The number of halogens is 3. The average molecular weight is 296 g/mol. The minimum Gasteiger partial charge on any atom is -0.366 e. The van der Waals surface area contributed by atoms with E-state index in [9.17, 15) is 13.2 Å². The van der Waals surface area contributed by atoms with E-state index < -0.39 is 11.7 Å². The molecule has 0 saturated carbocycles. The van der Waals surface area contributed by atoms with Crippen LogP contribution in [-0.4, -0.2) is 24.1 Å². The van der Waals surface area contributed by atoms with Gasteiger partial charge < -0.3 is 10.2 Å². The van der Waals surface area contributed by atoms with E-state index in [-0.39, 0.29) is 6.54 Å². The van der Waals surface area contributed by atoms with Crippen LogP contribution in [0.25, 0.3) is 0 Å². The normalized spacial score (nSPS) is 11.3. The number of benzene rings is 1. The van der Waals surface area contributed by atoms with Crippen LogP contribution in [0.4, 0.5) is 24.9 Å². The number of hydrogen-bond donors (Lipinski definition) is 1. The fourth-order valence-electron chi connectivity index (χ4n) is 1.71. The SMILES string of the molecule is CN(C)c1nccc(NCc2cccc(C(F)(F)F)c2)n1. The molecule has 0 fully saturated rings. The zero-order valence-corrected chi connectivity index (χ0v) is 11.6. The van der Waals surface area contributed by atoms with Gasteiger partial charge in [-0.15, -0.1) is 0 Å². The fourth-order valence-corrected chi connectivity index (χ4v) is 1.71. The lowest BCUT2D eigenvalue weighted by Crippen LogP contribution is -2.13. The first-order valence-electron chi connectivity index (χ1n) is 6.26. The number of rotatable bonds is 4. The quantitative estimate of drug-likeness (QED) is 0.941. The van der Waals surface area contributed by atoms with Crippen LogP contribution in [0, 0.1) is 0 Å². The van der Waals surface area contributed by atoms with E-state index >= 15 is 0 Å². The maximum absolute atomic E-state index is 12.6. The van der Waals surface area contributed by atoms with E-state index in [2.05, 4.69) is 15.3 Å². The highest BCUT2D eigenvalue weighted by atomic mass is 19.4. The van der Waals surface area contributed by atoms with Crippen LogP contribution in [0.15, 0.2) is 36.5 Å². The van der Waals surface area contributed by atoms with Crippen LogP contribution in [0.2, 0.25) is 0 Å². The third-order valence-electron chi connectivity index (χ3n) is 2.77. The van der Waals surface area contributed by atoms with Crippen molar-refractivity contribution >= 4 is 11.8 Å². The van der Waals surface area contributed by atoms with Gasteiger partial charge in [0.25, 0.3) is 0 Å². The number of nitrogens with zero attached hydrogens (tertiary/aromatic N) is 3. The molecular formula is C14H15F3N4. The first-order valence-corrected chi connectivity index (χ1v) is 6.26. The van der Waals surface area contributed by atoms with Gasteiger partial charge in [0.2, 0.25) is 5.95 Å². The van der Waals surface area contributed by atoms with E-state index in [1.54, 1.807) is 23.2 Å². The largest absolute Gasteiger partial charge is 0.416 e. The average Bonchev–Trinajstić information content (AvgIpc) is 2.45. The van der Waals surface area contributed by atoms with Gasteiger partial charge in [0.05, 0.1) is 5.56 Å². The molecule has 4 nitrogen and oxygen atoms in total. The maximum atomic E-state index is 12.6. The zero-order chi connectivity index (χ0) is 15.5. The summed E-state index contributed by atoms with van der Waals surface area (Å²) in [6.07, 6.45) is -2.74. The van der Waals surface area contributed by atoms with Crippen molar-refractivity contribution in [3.63, 3.8) is 0 Å². The minimum atomic E-state index is -4.33. The predicted molar refractivity (Wildman–Crippen MR) is 75.1 cm³/mol. The molecule has 2 aromatic rings. The summed E-state index contributed by atoms with van der Waals surface area (Å²) in [5.74, 6) is 1.09. The molecule has 0 spiro atoms. The Balaban J connectivity index is 2.08. The summed E-state index contributed by atoms with van der Waals surface area (Å²) < 4.78 is 37.9. The summed E-state index contributed by atoms with van der Waals surface area (Å²) in [4.78, 5) is 10.1. The molecule has 21 heavy (non-hydrogen) atoms. The molecule has 0 atom stereocenters. The molecule has 1 heterocycles. The van der Waals surface area contributed by atoms with E-state index in [4.69, 9.17) is 0 Å². The van der Waals surface area contributed by atoms with E-state index in [1.807, 2.05) is 14.1 Å². The van der Waals surface area contributed by atoms with Gasteiger partial charge in [-0.25, -0.2) is 4.98 Å². The molecule has 2 rings (SSSR count). The Morgan fingerprint density at radius 3 is 2.62 bits per heavy atom. The van der Waals surface area contributed by atoms with E-state index in [0.29, 0.717) is 17.3 Å². The van der Waals surface area contributed by atoms with Crippen LogP contribution in [0.3, 0.4) is 0 Å². The summed E-state index contributed by atoms with van der Waals surface area (Å²) in [6.45, 7) is 0.258. The second-order valence-corrected chi connectivity index (χ2v) is 4.69. The Labute approximate surface area is 120 Å². The molecule has 0 aliphatic rings. The molecule has 0 bridgehead atoms. The maximum Gasteiger partial charge on any atom is 0.416 e. The van der Waals surface area contributed by atoms with Gasteiger partial charge in [-0.1, -0.05) is 12.1 Å². The molecule has 0 aliphatic heterocycles. The van der Waals surface area contributed by atoms with Gasteiger partial charge in [-0.2, -0.15) is 18.2 Å². The van der Waals surface area contributed by atoms with Gasteiger partial charge in [0.15, 0.2) is 0 Å². The number of aromatic nitrogens is 2. The Morgan fingerprint density at radius 2 is 1.95 bits per heavy atom. The monoisotopic (exact) mass is 296 g/mol. The van der Waals surface area contributed by atoms with Gasteiger partial charge >= 0.3 is 6.18 Å². The van der Waals surface area contributed by atoms with Crippen LogP contribution < -0.4 is 10.2 Å². The lowest BCUT2D eigenvalue weighted by molar-refractivity contribution is -0.137. The molecular weight excluding hydrogens is 281 g/mol. The third-order valence-corrected chi connectivity index (χ3v) is 2.77. The molecule has 0 amide bonds. The lowest BCUT2D eigenvalue weighted by atomic mass is 10.1. The van der Waals surface area contributed by atoms with Gasteiger partial charge in [0.1, 0.15) is 5.82 Å². The predicted octanol–water partition coefficient (Wildman–Crippen LogP) is 3.17. The summed E-state index contributed by atoms with van der Waals surface area (Å²) in [7, 11) is 3.62. The van der Waals surface area contributed by atoms with Crippen molar-refractivity contribution in [2.24, 2.45) is 0 Å². The Bertz CT molecular complexity index is 611. The number of hydrogen-bond acceptors (Lipinski definition) is 4. The molecule has 1 aromatic carbocycles. The van der Waals surface area contributed by atoms with Crippen LogP contribution in [-0.2, 0) is 12.7 Å². The molecule has 112 valence electrons. The zero-order valence-electron chi connectivity index (χ0n) is 11.6. The van der Waals surface area contributed by atoms with Crippen molar-refractivity contribution in [3.8, 4) is 0 Å². The highest BCUT2D eigenvalue weighted by Crippen LogP contribution is 2.29. The van der Waals surface area contributed by atoms with Gasteiger partial charge in [-0.05, 0) is 23.8 Å². The third kappa shape index (κ3) is 4.08. The second kappa shape index (κ2) is 5.99. The molecule has 0 saturated heterocycles. The van der Waals surface area contributed by atoms with Crippen molar-refractivity contribution in [1.29, 1.82) is 0 Å². The summed E-state index contributed by atoms with van der Waals surface area (Å²) >= 11 is 0. The molecule has 0 aliphatic carbocycles. The van der Waals surface area contributed by atoms with E-state index in [1.165, 1.54) is 6.07 Å². The highest BCUT2D eigenvalue weighted by molar-refractivity contribution is 5.41. The van der Waals surface area contributed by atoms with Crippen molar-refractivity contribution in [2.75, 3.05) is 24.3 Å². The summed E-state index contributed by atoms with van der Waals surface area (Å²) in [5.41, 5.74) is -0.117. The van der Waals surface area contributed by atoms with E-state index in [0.717, 1.165) is 12.1 Å². The van der Waals surface area contributed by atoms with Crippen molar-refractivity contribution < 1.29 is 13.2 Å². The first kappa shape index (κ1) is 15.1. The van der Waals surface area contributed by atoms with Gasteiger partial charge in [0, 0.05) is 26.8 Å². The Hall–Kier alpha value is -2.31. The summed E-state index contributed by atoms with van der Waals surface area (Å²) in [6, 6.07) is 6.88. The Kier molecular flexibility index (Phi) is 4.30. The van der Waals surface area contributed by atoms with Crippen molar-refractivity contribution in [2.45, 2.75) is 12.7 Å². The second-order valence-electron chi connectivity index (χ2n) is 4.69. The standard InChI is InChI=1S/C14H15F3N4/c1-21(2)13-18-7-6-12(20-13)19-9-10-4-3-5-11(8-10)14(15,16)17/h3-8H,9H2,1-2H3,(H,18,19,20). The topological polar surface area (TPSA) is 41.1 Å². The van der Waals surface area contributed by atoms with Crippen LogP contribution in [0.1, 0.15) is 11.1 Å². The first-order chi connectivity index (χ1) is 9.86. The molecule has 1 aromatic heterocycles. The summed E-state index contributed by atoms with van der Waals surface area (Å²) in [5, 5.41) is 2.99. The number of alkyl halides is 3. The van der Waals surface area contributed by atoms with Gasteiger partial charge in [-0.3, -0.25) is 0 Å². The van der Waals surface area contributed by atoms with Crippen LogP contribution >= 0.6 is 0 Å². The van der Waals surface area contributed by atoms with Crippen molar-refractivity contribution in [1.82, 2.24) is 9.97 Å². The molecule has 7 heteroatoms. The number of nitrogens with one attached hydrogen (secondary N) is 1. The van der Waals surface area contributed by atoms with Crippen molar-refractivity contribution in [3.05, 3.63) is 47.7 Å². The molecule has 1 N–H and O–H groups in total. The smallest absolute Gasteiger partial charge is 0.366 e. The minimum absolute atomic E-state index is 0.258. The lowest BCUT2D eigenvalue weighted by Gasteiger charge is -2.12. The number of anilines is 2. The fraction of sp³-hybridized carbons (Fsp3) is 0.286. The Morgan fingerprint density at radius 1 is 1.19 bits per heavy atom. The highest BCUT2D eigenvalue weighted by Gasteiger charge is 2.30.